The van der Waals surface area contributed by atoms with Crippen LogP contribution in [-0.4, -0.2) is 24.1 Å². The molecule has 0 radical (unpaired) electrons. The van der Waals surface area contributed by atoms with Crippen molar-refractivity contribution in [2.24, 2.45) is 0 Å². The number of rotatable bonds is 1. The summed E-state index contributed by atoms with van der Waals surface area (Å²) in [5.74, 6) is -0.114. The summed E-state index contributed by atoms with van der Waals surface area (Å²) in [6.07, 6.45) is 2.01. The van der Waals surface area contributed by atoms with Gasteiger partial charge >= 0.3 is 0 Å². The Morgan fingerprint density at radius 2 is 2.27 bits per heavy atom. The van der Waals surface area contributed by atoms with Gasteiger partial charge in [-0.05, 0) is 31.0 Å². The molecule has 3 nitrogen and oxygen atoms in total. The van der Waals surface area contributed by atoms with E-state index in [-0.39, 0.29) is 5.91 Å². The second-order valence-electron chi connectivity index (χ2n) is 3.46. The summed E-state index contributed by atoms with van der Waals surface area (Å²) in [5, 5.41) is 1.98. The molecule has 0 atom stereocenters. The van der Waals surface area contributed by atoms with E-state index >= 15 is 0 Å². The van der Waals surface area contributed by atoms with E-state index in [9.17, 15) is 4.79 Å². The lowest BCUT2D eigenvalue weighted by atomic mass is 10.2. The number of nitrogens with zero attached hydrogens (tertiary/aromatic N) is 1. The molecule has 0 spiro atoms. The van der Waals surface area contributed by atoms with Crippen LogP contribution in [0.15, 0.2) is 24.3 Å². The van der Waals surface area contributed by atoms with E-state index in [0.717, 1.165) is 12.8 Å². The molecule has 1 fully saturated rings. The fourth-order valence-electron chi connectivity index (χ4n) is 1.52. The van der Waals surface area contributed by atoms with Gasteiger partial charge in [-0.3, -0.25) is 9.63 Å². The third kappa shape index (κ3) is 2.49. The molecule has 1 aromatic rings. The van der Waals surface area contributed by atoms with Gasteiger partial charge in [-0.1, -0.05) is 17.7 Å². The lowest BCUT2D eigenvalue weighted by Crippen LogP contribution is -2.35. The normalized spacial score (nSPS) is 16.5. The smallest absolute Gasteiger partial charge is 0.271 e. The van der Waals surface area contributed by atoms with Gasteiger partial charge in [0.2, 0.25) is 0 Å². The third-order valence-corrected chi connectivity index (χ3v) is 2.54. The van der Waals surface area contributed by atoms with Gasteiger partial charge in [0.15, 0.2) is 0 Å². The Bertz CT molecular complexity index is 361. The minimum atomic E-state index is -0.114. The van der Waals surface area contributed by atoms with Crippen LogP contribution in [0, 0.1) is 0 Å². The molecule has 1 amide bonds. The van der Waals surface area contributed by atoms with Gasteiger partial charge in [-0.2, -0.15) is 0 Å². The maximum absolute atomic E-state index is 11.9. The molecule has 1 aliphatic heterocycles. The van der Waals surface area contributed by atoms with Crippen LogP contribution in [-0.2, 0) is 4.84 Å². The summed E-state index contributed by atoms with van der Waals surface area (Å²) in [7, 11) is 0. The lowest BCUT2D eigenvalue weighted by molar-refractivity contribution is -0.144. The van der Waals surface area contributed by atoms with Crippen LogP contribution >= 0.6 is 11.6 Å². The number of carbonyl (C=O) groups is 1. The van der Waals surface area contributed by atoms with Crippen molar-refractivity contribution in [1.82, 2.24) is 5.06 Å². The van der Waals surface area contributed by atoms with E-state index in [0.29, 0.717) is 23.7 Å². The minimum Gasteiger partial charge on any atom is -0.271 e. The zero-order chi connectivity index (χ0) is 10.7. The molecule has 0 bridgehead atoms. The first-order valence-corrected chi connectivity index (χ1v) is 5.35. The van der Waals surface area contributed by atoms with Crippen molar-refractivity contribution >= 4 is 17.5 Å². The van der Waals surface area contributed by atoms with Crippen molar-refractivity contribution in [3.63, 3.8) is 0 Å². The topological polar surface area (TPSA) is 29.5 Å². The number of hydroxylamine groups is 2. The average Bonchev–Trinajstić information content (AvgIpc) is 2.29. The average molecular weight is 226 g/mol. The second-order valence-corrected chi connectivity index (χ2v) is 3.89. The first-order valence-electron chi connectivity index (χ1n) is 4.98. The molecular weight excluding hydrogens is 214 g/mol. The van der Waals surface area contributed by atoms with E-state index in [1.54, 1.807) is 24.3 Å². The molecule has 2 rings (SSSR count). The molecule has 4 heteroatoms. The molecule has 0 aliphatic carbocycles. The third-order valence-electron chi connectivity index (χ3n) is 2.30. The molecule has 1 aliphatic rings. The largest absolute Gasteiger partial charge is 0.277 e. The summed E-state index contributed by atoms with van der Waals surface area (Å²) in [6.45, 7) is 1.28. The Morgan fingerprint density at radius 1 is 1.40 bits per heavy atom. The maximum atomic E-state index is 11.9. The first kappa shape index (κ1) is 10.5. The molecule has 0 saturated carbocycles. The molecule has 1 saturated heterocycles. The van der Waals surface area contributed by atoms with Gasteiger partial charge in [0.1, 0.15) is 0 Å². The number of hydrogen-bond donors (Lipinski definition) is 0. The zero-order valence-corrected chi connectivity index (χ0v) is 9.04. The molecule has 0 N–H and O–H groups in total. The number of benzene rings is 1. The van der Waals surface area contributed by atoms with Crippen LogP contribution < -0.4 is 0 Å². The van der Waals surface area contributed by atoms with E-state index in [1.165, 1.54) is 5.06 Å². The molecule has 80 valence electrons. The Balaban J connectivity index is 2.12. The monoisotopic (exact) mass is 225 g/mol. The number of amides is 1. The van der Waals surface area contributed by atoms with E-state index in [2.05, 4.69) is 0 Å². The highest BCUT2D eigenvalue weighted by atomic mass is 35.5. The Labute approximate surface area is 93.5 Å². The SMILES string of the molecule is O=C(c1cccc(Cl)c1)N1CCCCO1. The molecule has 0 aromatic heterocycles. The Morgan fingerprint density at radius 3 is 2.93 bits per heavy atom. The fourth-order valence-corrected chi connectivity index (χ4v) is 1.71. The van der Waals surface area contributed by atoms with Crippen LogP contribution in [0.25, 0.3) is 0 Å². The van der Waals surface area contributed by atoms with Crippen LogP contribution in [0.5, 0.6) is 0 Å². The summed E-state index contributed by atoms with van der Waals surface area (Å²) in [6, 6.07) is 6.91. The fraction of sp³-hybridized carbons (Fsp3) is 0.364. The van der Waals surface area contributed by atoms with Gasteiger partial charge in [0.05, 0.1) is 6.61 Å². The summed E-state index contributed by atoms with van der Waals surface area (Å²) < 4.78 is 0. The highest BCUT2D eigenvalue weighted by molar-refractivity contribution is 6.30. The van der Waals surface area contributed by atoms with Gasteiger partial charge in [-0.15, -0.1) is 0 Å². The van der Waals surface area contributed by atoms with Crippen molar-refractivity contribution in [2.75, 3.05) is 13.2 Å². The molecular formula is C11H12ClNO2. The van der Waals surface area contributed by atoms with Crippen molar-refractivity contribution < 1.29 is 9.63 Å². The summed E-state index contributed by atoms with van der Waals surface area (Å²) >= 11 is 5.82. The predicted octanol–water partition coefficient (Wildman–Crippen LogP) is 2.51. The van der Waals surface area contributed by atoms with E-state index in [4.69, 9.17) is 16.4 Å². The number of halogens is 1. The molecule has 1 heterocycles. The lowest BCUT2D eigenvalue weighted by Gasteiger charge is -2.25. The van der Waals surface area contributed by atoms with Gasteiger partial charge < -0.3 is 0 Å². The van der Waals surface area contributed by atoms with Crippen LogP contribution in [0.2, 0.25) is 5.02 Å². The van der Waals surface area contributed by atoms with Crippen LogP contribution in [0.3, 0.4) is 0 Å². The standard InChI is InChI=1S/C11H12ClNO2/c12-10-5-3-4-9(8-10)11(14)13-6-1-2-7-15-13/h3-5,8H,1-2,6-7H2. The molecule has 1 aromatic carbocycles. The van der Waals surface area contributed by atoms with E-state index in [1.807, 2.05) is 0 Å². The summed E-state index contributed by atoms with van der Waals surface area (Å²) in [5.41, 5.74) is 0.574. The van der Waals surface area contributed by atoms with Gasteiger partial charge in [0.25, 0.3) is 5.91 Å². The molecule has 15 heavy (non-hydrogen) atoms. The van der Waals surface area contributed by atoms with E-state index < -0.39 is 0 Å². The highest BCUT2D eigenvalue weighted by Crippen LogP contribution is 2.15. The predicted molar refractivity (Wildman–Crippen MR) is 57.7 cm³/mol. The van der Waals surface area contributed by atoms with Crippen LogP contribution in [0.1, 0.15) is 23.2 Å². The van der Waals surface area contributed by atoms with Gasteiger partial charge in [0, 0.05) is 17.1 Å². The van der Waals surface area contributed by atoms with Crippen molar-refractivity contribution in [1.29, 1.82) is 0 Å². The zero-order valence-electron chi connectivity index (χ0n) is 8.28. The first-order chi connectivity index (χ1) is 7.27. The quantitative estimate of drug-likeness (QED) is 0.735. The molecule has 0 unspecified atom stereocenters. The van der Waals surface area contributed by atoms with Crippen molar-refractivity contribution in [3.05, 3.63) is 34.9 Å². The highest BCUT2D eigenvalue weighted by Gasteiger charge is 2.19. The number of carbonyl (C=O) groups excluding carboxylic acids is 1. The Hall–Kier alpha value is -1.06. The van der Waals surface area contributed by atoms with Crippen molar-refractivity contribution in [3.8, 4) is 0 Å². The summed E-state index contributed by atoms with van der Waals surface area (Å²) in [4.78, 5) is 17.2. The number of hydrogen-bond acceptors (Lipinski definition) is 2. The second kappa shape index (κ2) is 4.64. The van der Waals surface area contributed by atoms with Crippen molar-refractivity contribution in [2.45, 2.75) is 12.8 Å². The maximum Gasteiger partial charge on any atom is 0.277 e. The minimum absolute atomic E-state index is 0.114. The Kier molecular flexibility index (Phi) is 3.23. The van der Waals surface area contributed by atoms with Gasteiger partial charge in [-0.25, -0.2) is 5.06 Å². The van der Waals surface area contributed by atoms with Crippen LogP contribution in [0.4, 0.5) is 0 Å².